The quantitative estimate of drug-likeness (QED) is 0.307. The maximum atomic E-state index is 14.7. The zero-order valence-electron chi connectivity index (χ0n) is 20.2. The van der Waals surface area contributed by atoms with Crippen LogP contribution in [-0.2, 0) is 19.6 Å². The molecule has 1 aromatic carbocycles. The lowest BCUT2D eigenvalue weighted by Gasteiger charge is -2.35. The number of nitrogens with one attached hydrogen (secondary N) is 2. The fraction of sp³-hybridized carbons (Fsp3) is 0.375. The van der Waals surface area contributed by atoms with Gasteiger partial charge in [-0.2, -0.15) is 0 Å². The number of esters is 1. The Balaban J connectivity index is 1.87. The van der Waals surface area contributed by atoms with Crippen molar-refractivity contribution < 1.29 is 35.5 Å². The minimum absolute atomic E-state index is 0.0911. The molecule has 2 aliphatic rings. The first-order valence-electron chi connectivity index (χ1n) is 11.5. The van der Waals surface area contributed by atoms with Crippen LogP contribution in [0.15, 0.2) is 40.7 Å². The first-order chi connectivity index (χ1) is 18.0. The Kier molecular flexibility index (Phi) is 8.09. The zero-order valence-corrected chi connectivity index (χ0v) is 21.8. The monoisotopic (exact) mass is 574 g/mol. The maximum Gasteiger partial charge on any atom is 0.338 e. The van der Waals surface area contributed by atoms with Gasteiger partial charge in [-0.05, 0) is 44.7 Å². The molecule has 0 unspecified atom stereocenters. The molecule has 0 amide bonds. The van der Waals surface area contributed by atoms with Crippen molar-refractivity contribution in [2.24, 2.45) is 10.9 Å². The van der Waals surface area contributed by atoms with Crippen molar-refractivity contribution in [3.8, 4) is 0 Å². The number of aromatic nitrogens is 1. The van der Waals surface area contributed by atoms with Crippen LogP contribution in [0.1, 0.15) is 43.0 Å². The van der Waals surface area contributed by atoms with E-state index in [1.807, 2.05) is 0 Å². The molecule has 1 aromatic heterocycles. The molecule has 0 saturated heterocycles. The number of aliphatic imine (C=N–C) groups is 1. The van der Waals surface area contributed by atoms with Crippen molar-refractivity contribution >= 4 is 33.4 Å². The number of pyridine rings is 1. The number of amidine groups is 1. The SMILES string of the molecule is CNS(=O)(=O)[C@H]1CC[C@H](C2=C(C(=O)OC)[C@H](c3ccc(F)c(F)c3Cl)N=C(c3ncc(F)cc3F)N2)CC1. The number of allylic oxidation sites excluding steroid dienone is 1. The molecule has 0 spiro atoms. The molecule has 1 fully saturated rings. The second-order valence-corrected chi connectivity index (χ2v) is 11.3. The van der Waals surface area contributed by atoms with E-state index < -0.39 is 61.5 Å². The third kappa shape index (κ3) is 5.27. The fourth-order valence-corrected chi connectivity index (χ4v) is 6.22. The van der Waals surface area contributed by atoms with Crippen LogP contribution < -0.4 is 10.0 Å². The summed E-state index contributed by atoms with van der Waals surface area (Å²) in [4.78, 5) is 21.2. The smallest absolute Gasteiger partial charge is 0.338 e. The van der Waals surface area contributed by atoms with Crippen molar-refractivity contribution in [1.29, 1.82) is 0 Å². The van der Waals surface area contributed by atoms with Crippen LogP contribution in [0.2, 0.25) is 5.02 Å². The van der Waals surface area contributed by atoms with Crippen molar-refractivity contribution in [1.82, 2.24) is 15.0 Å². The number of nitrogens with zero attached hydrogens (tertiary/aromatic N) is 2. The van der Waals surface area contributed by atoms with Gasteiger partial charge in [0.25, 0.3) is 0 Å². The molecule has 204 valence electrons. The summed E-state index contributed by atoms with van der Waals surface area (Å²) in [6.07, 6.45) is 1.88. The number of benzene rings is 1. The summed E-state index contributed by atoms with van der Waals surface area (Å²) in [5, 5.41) is 1.61. The van der Waals surface area contributed by atoms with E-state index in [1.165, 1.54) is 7.05 Å². The summed E-state index contributed by atoms with van der Waals surface area (Å²) in [5.41, 5.74) is -0.357. The van der Waals surface area contributed by atoms with Gasteiger partial charge in [-0.1, -0.05) is 17.7 Å². The van der Waals surface area contributed by atoms with E-state index in [0.29, 0.717) is 18.9 Å². The van der Waals surface area contributed by atoms with Crippen LogP contribution in [0, 0.1) is 29.2 Å². The molecule has 4 rings (SSSR count). The topological polar surface area (TPSA) is 110 Å². The zero-order chi connectivity index (χ0) is 27.8. The maximum absolute atomic E-state index is 14.7. The number of rotatable bonds is 6. The summed E-state index contributed by atoms with van der Waals surface area (Å²) in [6.45, 7) is 0. The summed E-state index contributed by atoms with van der Waals surface area (Å²) >= 11 is 6.12. The predicted molar refractivity (Wildman–Crippen MR) is 131 cm³/mol. The highest BCUT2D eigenvalue weighted by Crippen LogP contribution is 2.42. The molecule has 2 heterocycles. The van der Waals surface area contributed by atoms with E-state index in [9.17, 15) is 30.8 Å². The molecule has 2 N–H and O–H groups in total. The molecule has 38 heavy (non-hydrogen) atoms. The molecule has 14 heteroatoms. The van der Waals surface area contributed by atoms with Gasteiger partial charge in [0.2, 0.25) is 10.0 Å². The number of carbonyl (C=O) groups excluding carboxylic acids is 1. The van der Waals surface area contributed by atoms with E-state index in [1.54, 1.807) is 0 Å². The summed E-state index contributed by atoms with van der Waals surface area (Å²) in [7, 11) is -1.09. The predicted octanol–water partition coefficient (Wildman–Crippen LogP) is 3.92. The van der Waals surface area contributed by atoms with Gasteiger partial charge in [0.15, 0.2) is 23.3 Å². The molecule has 0 radical (unpaired) electrons. The van der Waals surface area contributed by atoms with Gasteiger partial charge in [-0.3, -0.25) is 4.99 Å². The van der Waals surface area contributed by atoms with Crippen LogP contribution in [0.4, 0.5) is 17.6 Å². The molecule has 2 aromatic rings. The third-order valence-corrected chi connectivity index (χ3v) is 8.98. The number of hydrogen-bond acceptors (Lipinski definition) is 7. The Bertz CT molecular complexity index is 1440. The number of ether oxygens (including phenoxy) is 1. The molecule has 8 nitrogen and oxygen atoms in total. The van der Waals surface area contributed by atoms with Crippen molar-refractivity contribution in [3.05, 3.63) is 75.2 Å². The molecule has 1 atom stereocenters. The highest BCUT2D eigenvalue weighted by atomic mass is 35.5. The van der Waals surface area contributed by atoms with Crippen LogP contribution in [-0.4, -0.2) is 44.6 Å². The van der Waals surface area contributed by atoms with Crippen molar-refractivity contribution in [2.45, 2.75) is 37.0 Å². The number of sulfonamides is 1. The molecular formula is C24H23ClF4N4O4S. The summed E-state index contributed by atoms with van der Waals surface area (Å²) < 4.78 is 88.5. The van der Waals surface area contributed by atoms with Crippen LogP contribution >= 0.6 is 11.6 Å². The van der Waals surface area contributed by atoms with E-state index >= 15 is 0 Å². The van der Waals surface area contributed by atoms with Crippen LogP contribution in [0.5, 0.6) is 0 Å². The van der Waals surface area contributed by atoms with E-state index in [0.717, 1.165) is 25.4 Å². The van der Waals surface area contributed by atoms with Gasteiger partial charge >= 0.3 is 5.97 Å². The number of carbonyl (C=O) groups is 1. The van der Waals surface area contributed by atoms with E-state index in [4.69, 9.17) is 16.3 Å². The normalized spacial score (nSPS) is 22.1. The van der Waals surface area contributed by atoms with Gasteiger partial charge in [-0.15, -0.1) is 0 Å². The largest absolute Gasteiger partial charge is 0.466 e. The Morgan fingerprint density at radius 1 is 1.13 bits per heavy atom. The van der Waals surface area contributed by atoms with Gasteiger partial charge in [0, 0.05) is 17.3 Å². The summed E-state index contributed by atoms with van der Waals surface area (Å²) in [5.74, 6) is -6.10. The van der Waals surface area contributed by atoms with E-state index in [2.05, 4.69) is 20.0 Å². The van der Waals surface area contributed by atoms with Gasteiger partial charge in [0.05, 0.1) is 29.2 Å². The van der Waals surface area contributed by atoms with Crippen LogP contribution in [0.3, 0.4) is 0 Å². The molecular weight excluding hydrogens is 552 g/mol. The second-order valence-electron chi connectivity index (χ2n) is 8.80. The van der Waals surface area contributed by atoms with Crippen molar-refractivity contribution in [3.63, 3.8) is 0 Å². The Morgan fingerprint density at radius 3 is 2.42 bits per heavy atom. The summed E-state index contributed by atoms with van der Waals surface area (Å²) in [6, 6.07) is 1.18. The number of halogens is 5. The van der Waals surface area contributed by atoms with Crippen molar-refractivity contribution in [2.75, 3.05) is 14.2 Å². The highest BCUT2D eigenvalue weighted by molar-refractivity contribution is 7.90. The van der Waals surface area contributed by atoms with Gasteiger partial charge in [-0.25, -0.2) is 40.5 Å². The molecule has 0 bridgehead atoms. The Hall–Kier alpha value is -3.03. The second kappa shape index (κ2) is 11.0. The first-order valence-corrected chi connectivity index (χ1v) is 13.4. The molecule has 1 saturated carbocycles. The lowest BCUT2D eigenvalue weighted by molar-refractivity contribution is -0.136. The first kappa shape index (κ1) is 28.0. The molecule has 1 aliphatic carbocycles. The fourth-order valence-electron chi connectivity index (χ4n) is 4.74. The number of methoxy groups -OCH3 is 1. The lowest BCUT2D eigenvalue weighted by Crippen LogP contribution is -2.40. The van der Waals surface area contributed by atoms with Gasteiger partial charge in [0.1, 0.15) is 17.6 Å². The standard InChI is InChI=1S/C24H23ClF4N4O4S/c1-30-38(35,36)13-5-3-11(4-6-13)20-17(24(34)37-2)21(14-7-8-15(27)19(29)18(14)25)33-23(32-20)22-16(28)9-12(26)10-31-22/h7-11,13,21,30H,3-6H2,1-2H3,(H,32,33)/t11-,13-,21-/m0/s1. The average Bonchev–Trinajstić information content (AvgIpc) is 2.91. The third-order valence-electron chi connectivity index (χ3n) is 6.68. The lowest BCUT2D eigenvalue weighted by atomic mass is 9.82. The highest BCUT2D eigenvalue weighted by Gasteiger charge is 2.40. The average molecular weight is 575 g/mol. The van der Waals surface area contributed by atoms with E-state index in [-0.39, 0.29) is 41.2 Å². The minimum atomic E-state index is -3.53. The van der Waals surface area contributed by atoms with Gasteiger partial charge < -0.3 is 10.1 Å². The minimum Gasteiger partial charge on any atom is -0.466 e. The number of hydrogen-bond donors (Lipinski definition) is 2. The molecule has 1 aliphatic heterocycles. The Morgan fingerprint density at radius 2 is 1.82 bits per heavy atom. The van der Waals surface area contributed by atoms with Crippen LogP contribution in [0.25, 0.3) is 0 Å². The Labute approximate surface area is 221 Å².